The van der Waals surface area contributed by atoms with E-state index in [1.54, 1.807) is 0 Å². The van der Waals surface area contributed by atoms with Crippen molar-refractivity contribution in [2.45, 2.75) is 0 Å². The number of rotatable bonds is 1. The quantitative estimate of drug-likeness (QED) is 0.437. The fourth-order valence-corrected chi connectivity index (χ4v) is 5.86. The second kappa shape index (κ2) is 4.36. The van der Waals surface area contributed by atoms with Crippen molar-refractivity contribution in [1.82, 2.24) is 0 Å². The van der Waals surface area contributed by atoms with Crippen molar-refractivity contribution in [3.8, 4) is 10.0 Å². The van der Waals surface area contributed by atoms with Gasteiger partial charge in [-0.05, 0) is 0 Å². The van der Waals surface area contributed by atoms with Gasteiger partial charge >= 0.3 is 115 Å². The van der Waals surface area contributed by atoms with Gasteiger partial charge in [-0.2, -0.15) is 0 Å². The van der Waals surface area contributed by atoms with Crippen molar-refractivity contribution in [3.63, 3.8) is 0 Å². The predicted octanol–water partition coefficient (Wildman–Crippen LogP) is 4.17. The summed E-state index contributed by atoms with van der Waals surface area (Å²) in [7, 11) is 0. The fraction of sp³-hybridized carbons (Fsp3) is 0. The molecule has 1 heterocycles. The number of fused-ring (bicyclic) bond motifs is 1. The Morgan fingerprint density at radius 3 is 2.25 bits per heavy atom. The number of hydrogen-bond donors (Lipinski definition) is 0. The average Bonchev–Trinajstić information content (AvgIpc) is 2.69. The van der Waals surface area contributed by atoms with Crippen LogP contribution in [0.2, 0.25) is 0 Å². The molecule has 3 rings (SSSR count). The zero-order chi connectivity index (χ0) is 11.0. The minimum absolute atomic E-state index is 0.467. The van der Waals surface area contributed by atoms with Crippen molar-refractivity contribution >= 4 is 46.7 Å². The van der Waals surface area contributed by atoms with Gasteiger partial charge in [0.05, 0.1) is 0 Å². The van der Waals surface area contributed by atoms with Crippen LogP contribution in [-0.4, -0.2) is 14.5 Å². The maximum absolute atomic E-state index is 2.48. The first-order valence-corrected chi connectivity index (χ1v) is 7.88. The Labute approximate surface area is 114 Å². The summed E-state index contributed by atoms with van der Waals surface area (Å²) in [5.74, 6) is 0. The van der Waals surface area contributed by atoms with E-state index >= 15 is 0 Å². The molecule has 3 aromatic rings. The van der Waals surface area contributed by atoms with Gasteiger partial charge in [0.15, 0.2) is 0 Å². The topological polar surface area (TPSA) is 0 Å². The van der Waals surface area contributed by atoms with E-state index < -0.39 is 0 Å². The van der Waals surface area contributed by atoms with Gasteiger partial charge in [-0.25, -0.2) is 0 Å². The summed E-state index contributed by atoms with van der Waals surface area (Å²) in [5, 5.41) is 1.43. The molecule has 0 fully saturated rings. The van der Waals surface area contributed by atoms with Gasteiger partial charge in [0, 0.05) is 0 Å². The zero-order valence-electron chi connectivity index (χ0n) is 8.48. The van der Waals surface area contributed by atoms with Crippen LogP contribution in [0.5, 0.6) is 0 Å². The molecule has 0 amide bonds. The molecule has 0 N–H and O–H groups in total. The van der Waals surface area contributed by atoms with Gasteiger partial charge in [0.1, 0.15) is 0 Å². The molecule has 0 saturated heterocycles. The van der Waals surface area contributed by atoms with E-state index in [0.29, 0.717) is 14.5 Å². The molecule has 0 bridgehead atoms. The minimum atomic E-state index is 0.467. The molecule has 78 valence electrons. The first-order valence-electron chi connectivity index (χ1n) is 5.09. The van der Waals surface area contributed by atoms with Gasteiger partial charge in [-0.1, -0.05) is 0 Å². The van der Waals surface area contributed by atoms with Gasteiger partial charge in [-0.3, -0.25) is 0 Å². The summed E-state index contributed by atoms with van der Waals surface area (Å²) in [6.45, 7) is 0. The zero-order valence-corrected chi connectivity index (χ0v) is 12.4. The van der Waals surface area contributed by atoms with Gasteiger partial charge in [0.2, 0.25) is 0 Å². The Hall–Kier alpha value is -0.571. The molecule has 16 heavy (non-hydrogen) atoms. The molecule has 0 atom stereocenters. The summed E-state index contributed by atoms with van der Waals surface area (Å²) in [6.07, 6.45) is 0. The SMILES string of the molecule is Ic1c(-c2ccccc2)[se]c2ccccc12. The fourth-order valence-electron chi connectivity index (χ4n) is 1.79. The Morgan fingerprint density at radius 1 is 0.812 bits per heavy atom. The summed E-state index contributed by atoms with van der Waals surface area (Å²) < 4.78 is 4.47. The third-order valence-corrected chi connectivity index (χ3v) is 7.07. The molecular formula is C14H9ISe. The molecule has 0 saturated carbocycles. The molecule has 0 aliphatic rings. The van der Waals surface area contributed by atoms with E-state index in [4.69, 9.17) is 0 Å². The molecule has 0 aliphatic heterocycles. The Morgan fingerprint density at radius 2 is 1.50 bits per heavy atom. The van der Waals surface area contributed by atoms with Crippen LogP contribution >= 0.6 is 22.6 Å². The van der Waals surface area contributed by atoms with E-state index in [1.807, 2.05) is 0 Å². The van der Waals surface area contributed by atoms with E-state index in [-0.39, 0.29) is 0 Å². The van der Waals surface area contributed by atoms with Gasteiger partial charge in [0.25, 0.3) is 0 Å². The van der Waals surface area contributed by atoms with Crippen LogP contribution in [0.25, 0.3) is 19.6 Å². The molecule has 0 aliphatic carbocycles. The molecule has 1 aromatic heterocycles. The van der Waals surface area contributed by atoms with E-state index in [2.05, 4.69) is 77.2 Å². The molecule has 0 radical (unpaired) electrons. The molecule has 0 nitrogen and oxygen atoms in total. The Bertz CT molecular complexity index is 626. The maximum atomic E-state index is 2.48. The third-order valence-electron chi connectivity index (χ3n) is 2.57. The summed E-state index contributed by atoms with van der Waals surface area (Å²) in [4.78, 5) is 0. The second-order valence-corrected chi connectivity index (χ2v) is 6.89. The van der Waals surface area contributed by atoms with Crippen molar-refractivity contribution in [1.29, 1.82) is 0 Å². The van der Waals surface area contributed by atoms with Crippen LogP contribution in [0.4, 0.5) is 0 Å². The summed E-state index contributed by atoms with van der Waals surface area (Å²) in [5.41, 5.74) is 1.38. The van der Waals surface area contributed by atoms with E-state index in [9.17, 15) is 0 Å². The molecule has 2 heteroatoms. The predicted molar refractivity (Wildman–Crippen MR) is 79.0 cm³/mol. The number of benzene rings is 2. The van der Waals surface area contributed by atoms with Crippen molar-refractivity contribution in [2.24, 2.45) is 0 Å². The third kappa shape index (κ3) is 1.75. The van der Waals surface area contributed by atoms with E-state index in [1.165, 1.54) is 23.2 Å². The standard InChI is InChI=1S/C14H9ISe/c15-13-11-8-4-5-9-12(11)16-14(13)10-6-2-1-3-7-10/h1-9H. The number of halogens is 1. The summed E-state index contributed by atoms with van der Waals surface area (Å²) in [6, 6.07) is 19.5. The normalized spacial score (nSPS) is 10.8. The Balaban J connectivity index is 2.29. The van der Waals surface area contributed by atoms with Crippen LogP contribution in [0.3, 0.4) is 0 Å². The molecular weight excluding hydrogens is 374 g/mol. The van der Waals surface area contributed by atoms with Crippen LogP contribution in [0.15, 0.2) is 54.6 Å². The molecule has 0 unspecified atom stereocenters. The van der Waals surface area contributed by atoms with Crippen LogP contribution in [-0.2, 0) is 0 Å². The first-order chi connectivity index (χ1) is 7.86. The van der Waals surface area contributed by atoms with Gasteiger partial charge < -0.3 is 0 Å². The molecule has 2 aromatic carbocycles. The summed E-state index contributed by atoms with van der Waals surface area (Å²) >= 11 is 2.95. The van der Waals surface area contributed by atoms with Crippen LogP contribution in [0, 0.1) is 3.57 Å². The first kappa shape index (κ1) is 10.6. The number of hydrogen-bond acceptors (Lipinski definition) is 0. The van der Waals surface area contributed by atoms with Crippen molar-refractivity contribution in [3.05, 3.63) is 58.2 Å². The van der Waals surface area contributed by atoms with Crippen LogP contribution < -0.4 is 0 Å². The van der Waals surface area contributed by atoms with Crippen molar-refractivity contribution in [2.75, 3.05) is 0 Å². The van der Waals surface area contributed by atoms with Crippen LogP contribution in [0.1, 0.15) is 0 Å². The van der Waals surface area contributed by atoms with Gasteiger partial charge in [-0.15, -0.1) is 0 Å². The van der Waals surface area contributed by atoms with Crippen molar-refractivity contribution < 1.29 is 0 Å². The monoisotopic (exact) mass is 384 g/mol. The van der Waals surface area contributed by atoms with E-state index in [0.717, 1.165) is 0 Å². The molecule has 0 spiro atoms. The Kier molecular flexibility index (Phi) is 2.88. The second-order valence-electron chi connectivity index (χ2n) is 3.61. The average molecular weight is 383 g/mol.